The number of hydrogen-bond donors (Lipinski definition) is 2. The fourth-order valence-electron chi connectivity index (χ4n) is 1.46. The third-order valence-electron chi connectivity index (χ3n) is 2.85. The van der Waals surface area contributed by atoms with Gasteiger partial charge in [-0.1, -0.05) is 20.8 Å². The van der Waals surface area contributed by atoms with Gasteiger partial charge in [0.25, 0.3) is 0 Å². The third kappa shape index (κ3) is 6.13. The lowest BCUT2D eigenvalue weighted by Crippen LogP contribution is -2.48. The van der Waals surface area contributed by atoms with E-state index in [2.05, 4.69) is 4.90 Å². The minimum absolute atomic E-state index is 0.216. The molecule has 15 heavy (non-hydrogen) atoms. The highest BCUT2D eigenvalue weighted by atomic mass is 16.3. The molecule has 0 aromatic carbocycles. The average Bonchev–Trinajstić information content (AvgIpc) is 1.99. The maximum Gasteiger partial charge on any atom is 0.0768 e. The van der Waals surface area contributed by atoms with Crippen LogP contribution in [0.15, 0.2) is 0 Å². The van der Waals surface area contributed by atoms with Crippen molar-refractivity contribution in [3.8, 4) is 0 Å². The van der Waals surface area contributed by atoms with Crippen LogP contribution in [0.25, 0.3) is 0 Å². The highest BCUT2D eigenvalue weighted by Crippen LogP contribution is 2.18. The van der Waals surface area contributed by atoms with E-state index in [1.165, 1.54) is 0 Å². The SMILES string of the molecule is CCN(CC(C)(C)O)CC(C)(O)C(C)C. The molecule has 0 aliphatic rings. The Morgan fingerprint density at radius 2 is 1.53 bits per heavy atom. The summed E-state index contributed by atoms with van der Waals surface area (Å²) in [5.41, 5.74) is -1.40. The zero-order valence-corrected chi connectivity index (χ0v) is 11.0. The first kappa shape index (κ1) is 14.9. The third-order valence-corrected chi connectivity index (χ3v) is 2.85. The standard InChI is InChI=1S/C12H27NO2/c1-7-13(8-11(4,5)14)9-12(6,15)10(2)3/h10,14-15H,7-9H2,1-6H3. The molecule has 3 nitrogen and oxygen atoms in total. The highest BCUT2D eigenvalue weighted by Gasteiger charge is 2.29. The summed E-state index contributed by atoms with van der Waals surface area (Å²) in [6.07, 6.45) is 0. The van der Waals surface area contributed by atoms with Crippen LogP contribution in [-0.4, -0.2) is 45.9 Å². The molecular formula is C12H27NO2. The predicted octanol–water partition coefficient (Wildman–Crippen LogP) is 1.49. The molecular weight excluding hydrogens is 190 g/mol. The molecule has 0 amide bonds. The summed E-state index contributed by atoms with van der Waals surface area (Å²) in [5, 5.41) is 19.9. The van der Waals surface area contributed by atoms with Crippen molar-refractivity contribution in [1.82, 2.24) is 4.90 Å². The molecule has 0 bridgehead atoms. The van der Waals surface area contributed by atoms with Crippen LogP contribution in [0.4, 0.5) is 0 Å². The molecule has 0 aliphatic heterocycles. The summed E-state index contributed by atoms with van der Waals surface area (Å²) >= 11 is 0. The molecule has 0 rings (SSSR count). The van der Waals surface area contributed by atoms with E-state index in [4.69, 9.17) is 0 Å². The quantitative estimate of drug-likeness (QED) is 0.708. The maximum atomic E-state index is 10.2. The summed E-state index contributed by atoms with van der Waals surface area (Å²) < 4.78 is 0. The molecule has 0 saturated carbocycles. The molecule has 0 fully saturated rings. The Morgan fingerprint density at radius 1 is 1.07 bits per heavy atom. The molecule has 0 aromatic heterocycles. The first-order valence-corrected chi connectivity index (χ1v) is 5.75. The Hall–Kier alpha value is -0.120. The van der Waals surface area contributed by atoms with E-state index in [0.717, 1.165) is 6.54 Å². The summed E-state index contributed by atoms with van der Waals surface area (Å²) in [7, 11) is 0. The Balaban J connectivity index is 4.34. The Morgan fingerprint density at radius 3 is 1.80 bits per heavy atom. The first-order valence-electron chi connectivity index (χ1n) is 5.75. The second-order valence-corrected chi connectivity index (χ2v) is 5.63. The molecule has 0 spiro atoms. The van der Waals surface area contributed by atoms with Crippen molar-refractivity contribution in [2.24, 2.45) is 5.92 Å². The molecule has 92 valence electrons. The summed E-state index contributed by atoms with van der Waals surface area (Å²) in [4.78, 5) is 2.08. The van der Waals surface area contributed by atoms with E-state index in [1.807, 2.05) is 27.7 Å². The molecule has 0 aromatic rings. The Kier molecular flexibility index (Phi) is 5.24. The van der Waals surface area contributed by atoms with Gasteiger partial charge in [-0.2, -0.15) is 0 Å². The van der Waals surface area contributed by atoms with Crippen LogP contribution in [0.3, 0.4) is 0 Å². The van der Waals surface area contributed by atoms with Gasteiger partial charge in [0.15, 0.2) is 0 Å². The number of rotatable bonds is 6. The lowest BCUT2D eigenvalue weighted by molar-refractivity contribution is -0.0388. The van der Waals surface area contributed by atoms with Crippen LogP contribution in [0.1, 0.15) is 41.5 Å². The van der Waals surface area contributed by atoms with E-state index in [1.54, 1.807) is 13.8 Å². The number of hydrogen-bond acceptors (Lipinski definition) is 3. The van der Waals surface area contributed by atoms with Gasteiger partial charge in [-0.3, -0.25) is 4.90 Å². The second kappa shape index (κ2) is 5.28. The van der Waals surface area contributed by atoms with Crippen molar-refractivity contribution in [3.05, 3.63) is 0 Å². The average molecular weight is 217 g/mol. The lowest BCUT2D eigenvalue weighted by Gasteiger charge is -2.36. The Labute approximate surface area is 94.1 Å². The van der Waals surface area contributed by atoms with Gasteiger partial charge in [-0.25, -0.2) is 0 Å². The fourth-order valence-corrected chi connectivity index (χ4v) is 1.46. The number of likely N-dealkylation sites (N-methyl/N-ethyl adjacent to an activating group) is 1. The van der Waals surface area contributed by atoms with Gasteiger partial charge >= 0.3 is 0 Å². The molecule has 0 radical (unpaired) electrons. The number of aliphatic hydroxyl groups is 2. The molecule has 1 unspecified atom stereocenters. The number of nitrogens with zero attached hydrogens (tertiary/aromatic N) is 1. The summed E-state index contributed by atoms with van der Waals surface area (Å²) in [6.45, 7) is 13.5. The van der Waals surface area contributed by atoms with E-state index >= 15 is 0 Å². The van der Waals surface area contributed by atoms with Crippen molar-refractivity contribution in [1.29, 1.82) is 0 Å². The first-order chi connectivity index (χ1) is 6.58. The summed E-state index contributed by atoms with van der Waals surface area (Å²) in [5.74, 6) is 0.216. The van der Waals surface area contributed by atoms with E-state index in [0.29, 0.717) is 13.1 Å². The van der Waals surface area contributed by atoms with Gasteiger partial charge in [0.2, 0.25) is 0 Å². The molecule has 0 aliphatic carbocycles. The van der Waals surface area contributed by atoms with E-state index in [-0.39, 0.29) is 5.92 Å². The van der Waals surface area contributed by atoms with Gasteiger partial charge in [-0.05, 0) is 33.2 Å². The largest absolute Gasteiger partial charge is 0.389 e. The minimum atomic E-state index is -0.705. The molecule has 0 saturated heterocycles. The van der Waals surface area contributed by atoms with Gasteiger partial charge in [0, 0.05) is 13.1 Å². The highest BCUT2D eigenvalue weighted by molar-refractivity contribution is 4.82. The van der Waals surface area contributed by atoms with E-state index in [9.17, 15) is 10.2 Å². The van der Waals surface area contributed by atoms with Crippen LogP contribution in [0.2, 0.25) is 0 Å². The summed E-state index contributed by atoms with van der Waals surface area (Å²) in [6, 6.07) is 0. The topological polar surface area (TPSA) is 43.7 Å². The second-order valence-electron chi connectivity index (χ2n) is 5.63. The zero-order chi connectivity index (χ0) is 12.3. The van der Waals surface area contributed by atoms with Crippen molar-refractivity contribution in [2.75, 3.05) is 19.6 Å². The van der Waals surface area contributed by atoms with Gasteiger partial charge in [0.05, 0.1) is 11.2 Å². The van der Waals surface area contributed by atoms with Gasteiger partial charge < -0.3 is 10.2 Å². The van der Waals surface area contributed by atoms with Gasteiger partial charge in [0.1, 0.15) is 0 Å². The lowest BCUT2D eigenvalue weighted by atomic mass is 9.91. The van der Waals surface area contributed by atoms with Crippen molar-refractivity contribution >= 4 is 0 Å². The van der Waals surface area contributed by atoms with Crippen LogP contribution < -0.4 is 0 Å². The smallest absolute Gasteiger partial charge is 0.0768 e. The van der Waals surface area contributed by atoms with Crippen molar-refractivity contribution in [2.45, 2.75) is 52.7 Å². The molecule has 2 N–H and O–H groups in total. The minimum Gasteiger partial charge on any atom is -0.389 e. The van der Waals surface area contributed by atoms with Crippen LogP contribution >= 0.6 is 0 Å². The molecule has 3 heteroatoms. The van der Waals surface area contributed by atoms with Crippen LogP contribution in [0, 0.1) is 5.92 Å². The molecule has 0 heterocycles. The monoisotopic (exact) mass is 217 g/mol. The van der Waals surface area contributed by atoms with Crippen LogP contribution in [0.5, 0.6) is 0 Å². The van der Waals surface area contributed by atoms with Crippen LogP contribution in [-0.2, 0) is 0 Å². The fraction of sp³-hybridized carbons (Fsp3) is 1.00. The van der Waals surface area contributed by atoms with Gasteiger partial charge in [-0.15, -0.1) is 0 Å². The van der Waals surface area contributed by atoms with Crippen molar-refractivity contribution < 1.29 is 10.2 Å². The molecule has 1 atom stereocenters. The van der Waals surface area contributed by atoms with E-state index < -0.39 is 11.2 Å². The zero-order valence-electron chi connectivity index (χ0n) is 11.0. The predicted molar refractivity (Wildman–Crippen MR) is 63.9 cm³/mol. The van der Waals surface area contributed by atoms with Crippen molar-refractivity contribution in [3.63, 3.8) is 0 Å². The Bertz CT molecular complexity index is 183. The normalized spacial score (nSPS) is 17.2. The maximum absolute atomic E-state index is 10.2.